The van der Waals surface area contributed by atoms with Crippen LogP contribution in [-0.4, -0.2) is 24.8 Å². The maximum absolute atomic E-state index is 11.5. The van der Waals surface area contributed by atoms with E-state index in [4.69, 9.17) is 9.84 Å². The molecule has 0 aliphatic heterocycles. The normalized spacial score (nSPS) is 14.0. The molecule has 1 aromatic heterocycles. The number of esters is 1. The fourth-order valence-electron chi connectivity index (χ4n) is 2.11. The number of aliphatic hydroxyl groups excluding tert-OH is 1. The van der Waals surface area contributed by atoms with Crippen molar-refractivity contribution < 1.29 is 14.6 Å². The van der Waals surface area contributed by atoms with Crippen LogP contribution in [-0.2, 0) is 24.0 Å². The average molecular weight is 226 g/mol. The summed E-state index contributed by atoms with van der Waals surface area (Å²) in [6, 6.07) is 0. The number of ether oxygens (including phenoxy) is 1. The molecule has 1 aliphatic rings. The number of aliphatic hydroxyl groups is 1. The van der Waals surface area contributed by atoms with Crippen LogP contribution in [0, 0.1) is 0 Å². The number of methoxy groups -OCH3 is 1. The standard InChI is InChI=1S/C11H14O3S/c1-14-11(13)10-8-4-2-3-7(8)9(15-10)5-6-12/h12H,2-6H2,1H3. The Morgan fingerprint density at radius 2 is 2.20 bits per heavy atom. The van der Waals surface area contributed by atoms with Crippen LogP contribution in [0.15, 0.2) is 0 Å². The monoisotopic (exact) mass is 226 g/mol. The molecule has 0 unspecified atom stereocenters. The minimum absolute atomic E-state index is 0.146. The van der Waals surface area contributed by atoms with Crippen LogP contribution < -0.4 is 0 Å². The molecule has 0 saturated carbocycles. The van der Waals surface area contributed by atoms with Gasteiger partial charge < -0.3 is 9.84 Å². The van der Waals surface area contributed by atoms with Crippen LogP contribution in [0.3, 0.4) is 0 Å². The van der Waals surface area contributed by atoms with E-state index < -0.39 is 0 Å². The highest BCUT2D eigenvalue weighted by Gasteiger charge is 2.25. The lowest BCUT2D eigenvalue weighted by Crippen LogP contribution is -2.00. The second kappa shape index (κ2) is 4.33. The van der Waals surface area contributed by atoms with E-state index in [2.05, 4.69) is 0 Å². The SMILES string of the molecule is COC(=O)c1sc(CCO)c2c1CCC2. The summed E-state index contributed by atoms with van der Waals surface area (Å²) in [5.41, 5.74) is 2.45. The van der Waals surface area contributed by atoms with Gasteiger partial charge in [-0.15, -0.1) is 11.3 Å². The van der Waals surface area contributed by atoms with Crippen molar-refractivity contribution in [1.82, 2.24) is 0 Å². The molecule has 0 aromatic carbocycles. The second-order valence-corrected chi connectivity index (χ2v) is 4.74. The maximum Gasteiger partial charge on any atom is 0.348 e. The molecule has 0 radical (unpaired) electrons. The first-order chi connectivity index (χ1) is 7.27. The van der Waals surface area contributed by atoms with Crippen molar-refractivity contribution in [3.05, 3.63) is 20.9 Å². The third-order valence-corrected chi connectivity index (χ3v) is 4.08. The van der Waals surface area contributed by atoms with Crippen molar-refractivity contribution in [1.29, 1.82) is 0 Å². The quantitative estimate of drug-likeness (QED) is 0.796. The predicted molar refractivity (Wildman–Crippen MR) is 58.5 cm³/mol. The van der Waals surface area contributed by atoms with Crippen molar-refractivity contribution in [2.75, 3.05) is 13.7 Å². The first-order valence-corrected chi connectivity index (χ1v) is 5.92. The number of hydrogen-bond acceptors (Lipinski definition) is 4. The van der Waals surface area contributed by atoms with Gasteiger partial charge in [0.25, 0.3) is 0 Å². The van der Waals surface area contributed by atoms with Crippen LogP contribution in [0.25, 0.3) is 0 Å². The van der Waals surface area contributed by atoms with Gasteiger partial charge in [0.2, 0.25) is 0 Å². The van der Waals surface area contributed by atoms with Crippen molar-refractivity contribution in [3.63, 3.8) is 0 Å². The molecule has 3 nitrogen and oxygen atoms in total. The molecule has 15 heavy (non-hydrogen) atoms. The number of rotatable bonds is 3. The van der Waals surface area contributed by atoms with E-state index in [1.165, 1.54) is 24.0 Å². The number of carbonyl (C=O) groups excluding carboxylic acids is 1. The summed E-state index contributed by atoms with van der Waals surface area (Å²) in [6.45, 7) is 0.146. The Balaban J connectivity index is 2.39. The molecule has 0 spiro atoms. The molecule has 1 aromatic rings. The molecule has 1 N–H and O–H groups in total. The number of thiophene rings is 1. The number of fused-ring (bicyclic) bond motifs is 1. The van der Waals surface area contributed by atoms with E-state index in [1.54, 1.807) is 0 Å². The van der Waals surface area contributed by atoms with E-state index in [0.717, 1.165) is 34.6 Å². The Hall–Kier alpha value is -0.870. The smallest absolute Gasteiger partial charge is 0.348 e. The van der Waals surface area contributed by atoms with Gasteiger partial charge in [-0.3, -0.25) is 0 Å². The van der Waals surface area contributed by atoms with Gasteiger partial charge in [0.05, 0.1) is 7.11 Å². The van der Waals surface area contributed by atoms with Gasteiger partial charge in [0, 0.05) is 17.9 Å². The fraction of sp³-hybridized carbons (Fsp3) is 0.545. The van der Waals surface area contributed by atoms with Crippen LogP contribution in [0.4, 0.5) is 0 Å². The number of carbonyl (C=O) groups is 1. The van der Waals surface area contributed by atoms with Gasteiger partial charge in [0.15, 0.2) is 0 Å². The lowest BCUT2D eigenvalue weighted by atomic mass is 10.1. The van der Waals surface area contributed by atoms with Gasteiger partial charge in [-0.1, -0.05) is 0 Å². The third kappa shape index (κ3) is 1.79. The van der Waals surface area contributed by atoms with Gasteiger partial charge >= 0.3 is 5.97 Å². The summed E-state index contributed by atoms with van der Waals surface area (Å²) in [6.07, 6.45) is 3.78. The molecular weight excluding hydrogens is 212 g/mol. The summed E-state index contributed by atoms with van der Waals surface area (Å²) in [7, 11) is 1.41. The summed E-state index contributed by atoms with van der Waals surface area (Å²) in [5.74, 6) is -0.234. The first-order valence-electron chi connectivity index (χ1n) is 5.10. The van der Waals surface area contributed by atoms with Gasteiger partial charge in [-0.05, 0) is 30.4 Å². The maximum atomic E-state index is 11.5. The summed E-state index contributed by atoms with van der Waals surface area (Å²) in [4.78, 5) is 13.4. The van der Waals surface area contributed by atoms with E-state index in [-0.39, 0.29) is 12.6 Å². The van der Waals surface area contributed by atoms with E-state index in [0.29, 0.717) is 6.42 Å². The topological polar surface area (TPSA) is 46.5 Å². The van der Waals surface area contributed by atoms with Crippen molar-refractivity contribution in [2.24, 2.45) is 0 Å². The molecule has 4 heteroatoms. The number of hydrogen-bond donors (Lipinski definition) is 1. The van der Waals surface area contributed by atoms with Crippen LogP contribution in [0.2, 0.25) is 0 Å². The van der Waals surface area contributed by atoms with Crippen LogP contribution in [0.5, 0.6) is 0 Å². The fourth-order valence-corrected chi connectivity index (χ4v) is 3.41. The van der Waals surface area contributed by atoms with Crippen molar-refractivity contribution in [3.8, 4) is 0 Å². The largest absolute Gasteiger partial charge is 0.465 e. The zero-order valence-electron chi connectivity index (χ0n) is 8.71. The highest BCUT2D eigenvalue weighted by Crippen LogP contribution is 2.36. The first kappa shape index (κ1) is 10.6. The van der Waals surface area contributed by atoms with Gasteiger partial charge in [-0.25, -0.2) is 4.79 Å². The average Bonchev–Trinajstić information content (AvgIpc) is 2.81. The molecule has 2 rings (SSSR count). The van der Waals surface area contributed by atoms with E-state index >= 15 is 0 Å². The van der Waals surface area contributed by atoms with Crippen LogP contribution >= 0.6 is 11.3 Å². The molecule has 1 aliphatic carbocycles. The minimum atomic E-state index is -0.234. The molecule has 0 fully saturated rings. The summed E-state index contributed by atoms with van der Waals surface area (Å²) < 4.78 is 4.76. The molecule has 1 heterocycles. The Bertz CT molecular complexity index is 381. The Kier molecular flexibility index (Phi) is 3.07. The summed E-state index contributed by atoms with van der Waals surface area (Å²) >= 11 is 1.48. The Labute approximate surface area is 92.7 Å². The zero-order valence-corrected chi connectivity index (χ0v) is 9.52. The highest BCUT2D eigenvalue weighted by molar-refractivity contribution is 7.14. The molecule has 82 valence electrons. The summed E-state index contributed by atoms with van der Waals surface area (Å²) in [5, 5.41) is 8.95. The van der Waals surface area contributed by atoms with E-state index in [9.17, 15) is 4.79 Å². The lowest BCUT2D eigenvalue weighted by molar-refractivity contribution is 0.0605. The molecule has 0 atom stereocenters. The zero-order chi connectivity index (χ0) is 10.8. The predicted octanol–water partition coefficient (Wildman–Crippen LogP) is 1.56. The van der Waals surface area contributed by atoms with Crippen molar-refractivity contribution >= 4 is 17.3 Å². The third-order valence-electron chi connectivity index (χ3n) is 2.76. The minimum Gasteiger partial charge on any atom is -0.465 e. The molecular formula is C11H14O3S. The van der Waals surface area contributed by atoms with Gasteiger partial charge in [0.1, 0.15) is 4.88 Å². The van der Waals surface area contributed by atoms with Crippen molar-refractivity contribution in [2.45, 2.75) is 25.7 Å². The second-order valence-electron chi connectivity index (χ2n) is 3.63. The molecule has 0 saturated heterocycles. The molecule has 0 amide bonds. The Morgan fingerprint density at radius 3 is 2.87 bits per heavy atom. The van der Waals surface area contributed by atoms with E-state index in [1.807, 2.05) is 0 Å². The molecule has 0 bridgehead atoms. The van der Waals surface area contributed by atoms with Crippen LogP contribution in [0.1, 0.15) is 32.1 Å². The highest BCUT2D eigenvalue weighted by atomic mass is 32.1. The Morgan fingerprint density at radius 1 is 1.47 bits per heavy atom. The lowest BCUT2D eigenvalue weighted by Gasteiger charge is -1.96. The van der Waals surface area contributed by atoms with Gasteiger partial charge in [-0.2, -0.15) is 0 Å².